The van der Waals surface area contributed by atoms with Crippen LogP contribution in [0.15, 0.2) is 77.4 Å². The van der Waals surface area contributed by atoms with Crippen LogP contribution in [0.25, 0.3) is 0 Å². The van der Waals surface area contributed by atoms with Gasteiger partial charge in [-0.3, -0.25) is 4.79 Å². The number of furan rings is 1. The highest BCUT2D eigenvalue weighted by atomic mass is 16.6. The van der Waals surface area contributed by atoms with E-state index in [2.05, 4.69) is 5.32 Å². The maximum Gasteiger partial charge on any atom is 0.339 e. The van der Waals surface area contributed by atoms with Gasteiger partial charge in [0.15, 0.2) is 5.60 Å². The molecule has 4 rings (SSSR count). The zero-order valence-corrected chi connectivity index (χ0v) is 14.8. The first-order valence-corrected chi connectivity index (χ1v) is 8.77. The van der Waals surface area contributed by atoms with Crippen molar-refractivity contribution in [3.63, 3.8) is 0 Å². The number of nitrogens with one attached hydrogen (secondary N) is 1. The first-order valence-electron chi connectivity index (χ1n) is 8.77. The molecule has 2 heterocycles. The summed E-state index contributed by atoms with van der Waals surface area (Å²) in [5, 5.41) is 2.99. The molecular formula is C22H19NO4. The maximum absolute atomic E-state index is 13.1. The van der Waals surface area contributed by atoms with Gasteiger partial charge in [0.25, 0.3) is 5.91 Å². The van der Waals surface area contributed by atoms with E-state index in [0.717, 1.165) is 11.1 Å². The lowest BCUT2D eigenvalue weighted by Gasteiger charge is -2.34. The van der Waals surface area contributed by atoms with Crippen LogP contribution in [0.4, 0.5) is 0 Å². The van der Waals surface area contributed by atoms with Gasteiger partial charge in [0.2, 0.25) is 0 Å². The number of fused-ring (bicyclic) bond motifs is 1. The molecule has 1 N–H and O–H groups in total. The summed E-state index contributed by atoms with van der Waals surface area (Å²) in [4.78, 5) is 25.5. The van der Waals surface area contributed by atoms with Crippen molar-refractivity contribution in [1.29, 1.82) is 0 Å². The Bertz CT molecular complexity index is 965. The van der Waals surface area contributed by atoms with Crippen molar-refractivity contribution in [2.75, 3.05) is 0 Å². The number of carbonyl (C=O) groups excluding carboxylic acids is 2. The molecule has 5 heteroatoms. The molecule has 2 aromatic carbocycles. The van der Waals surface area contributed by atoms with Crippen LogP contribution in [-0.4, -0.2) is 17.5 Å². The van der Waals surface area contributed by atoms with Gasteiger partial charge in [-0.2, -0.15) is 0 Å². The molecule has 2 unspecified atom stereocenters. The number of amides is 1. The van der Waals surface area contributed by atoms with Gasteiger partial charge in [-0.15, -0.1) is 0 Å². The minimum absolute atomic E-state index is 0.320. The number of hydrogen-bond donors (Lipinski definition) is 1. The molecular weight excluding hydrogens is 342 g/mol. The van der Waals surface area contributed by atoms with Crippen molar-refractivity contribution < 1.29 is 18.7 Å². The molecule has 0 saturated carbocycles. The van der Waals surface area contributed by atoms with Gasteiger partial charge in [-0.1, -0.05) is 48.5 Å². The van der Waals surface area contributed by atoms with Gasteiger partial charge in [0, 0.05) is 6.42 Å². The van der Waals surface area contributed by atoms with Crippen LogP contribution in [0.3, 0.4) is 0 Å². The fourth-order valence-electron chi connectivity index (χ4n) is 3.36. The summed E-state index contributed by atoms with van der Waals surface area (Å²) in [6, 6.07) is 19.8. The van der Waals surface area contributed by atoms with Crippen LogP contribution in [0.2, 0.25) is 0 Å². The molecule has 0 saturated heterocycles. The molecule has 0 aliphatic carbocycles. The van der Waals surface area contributed by atoms with Crippen molar-refractivity contribution in [3.05, 3.63) is 95.4 Å². The van der Waals surface area contributed by atoms with Crippen LogP contribution < -0.4 is 5.32 Å². The highest BCUT2D eigenvalue weighted by molar-refractivity contribution is 5.97. The minimum atomic E-state index is -1.29. The number of rotatable bonds is 4. The molecule has 136 valence electrons. The molecule has 0 radical (unpaired) electrons. The lowest BCUT2D eigenvalue weighted by Crippen LogP contribution is -2.52. The molecule has 0 bridgehead atoms. The van der Waals surface area contributed by atoms with E-state index in [0.29, 0.717) is 17.7 Å². The third-order valence-electron chi connectivity index (χ3n) is 4.80. The van der Waals surface area contributed by atoms with Crippen LogP contribution in [0, 0.1) is 0 Å². The second-order valence-corrected chi connectivity index (χ2v) is 6.79. The largest absolute Gasteiger partial charge is 0.467 e. The van der Waals surface area contributed by atoms with Gasteiger partial charge in [-0.25, -0.2) is 4.79 Å². The van der Waals surface area contributed by atoms with Gasteiger partial charge >= 0.3 is 5.97 Å². The third kappa shape index (κ3) is 3.24. The summed E-state index contributed by atoms with van der Waals surface area (Å²) in [6.07, 6.45) is 1.89. The Morgan fingerprint density at radius 2 is 1.78 bits per heavy atom. The quantitative estimate of drug-likeness (QED) is 0.720. The van der Waals surface area contributed by atoms with Gasteiger partial charge in [-0.05, 0) is 36.2 Å². The smallest absolute Gasteiger partial charge is 0.339 e. The summed E-state index contributed by atoms with van der Waals surface area (Å²) < 4.78 is 11.1. The topological polar surface area (TPSA) is 68.5 Å². The first kappa shape index (κ1) is 17.1. The number of ether oxygens (including phenoxy) is 1. The lowest BCUT2D eigenvalue weighted by molar-refractivity contribution is -0.140. The second-order valence-electron chi connectivity index (χ2n) is 6.79. The molecule has 0 spiro atoms. The van der Waals surface area contributed by atoms with Crippen molar-refractivity contribution in [2.24, 2.45) is 0 Å². The molecule has 1 aliphatic heterocycles. The SMILES string of the molecule is CC1(C(=O)NC(c2ccccc2)c2ccco2)Cc2ccccc2C(=O)O1. The van der Waals surface area contributed by atoms with Crippen molar-refractivity contribution >= 4 is 11.9 Å². The Kier molecular flexibility index (Phi) is 4.28. The van der Waals surface area contributed by atoms with E-state index < -0.39 is 17.6 Å². The Morgan fingerprint density at radius 3 is 2.52 bits per heavy atom. The molecule has 27 heavy (non-hydrogen) atoms. The highest BCUT2D eigenvalue weighted by Gasteiger charge is 2.43. The summed E-state index contributed by atoms with van der Waals surface area (Å²) in [7, 11) is 0. The number of esters is 1. The Morgan fingerprint density at radius 1 is 1.04 bits per heavy atom. The fourth-order valence-corrected chi connectivity index (χ4v) is 3.36. The van der Waals surface area contributed by atoms with E-state index in [4.69, 9.17) is 9.15 Å². The van der Waals surface area contributed by atoms with Crippen molar-refractivity contribution in [1.82, 2.24) is 5.32 Å². The number of benzene rings is 2. The summed E-state index contributed by atoms with van der Waals surface area (Å²) in [6.45, 7) is 1.64. The highest BCUT2D eigenvalue weighted by Crippen LogP contribution is 2.30. The molecule has 0 fully saturated rings. The van der Waals surface area contributed by atoms with E-state index in [-0.39, 0.29) is 5.91 Å². The van der Waals surface area contributed by atoms with Crippen LogP contribution in [-0.2, 0) is 16.0 Å². The number of carbonyl (C=O) groups is 2. The van der Waals surface area contributed by atoms with E-state index in [9.17, 15) is 9.59 Å². The van der Waals surface area contributed by atoms with Crippen LogP contribution in [0.5, 0.6) is 0 Å². The zero-order chi connectivity index (χ0) is 18.9. The monoisotopic (exact) mass is 361 g/mol. The Hall–Kier alpha value is -3.34. The van der Waals surface area contributed by atoms with Crippen LogP contribution in [0.1, 0.15) is 40.2 Å². The van der Waals surface area contributed by atoms with Crippen LogP contribution >= 0.6 is 0 Å². The van der Waals surface area contributed by atoms with Gasteiger partial charge in [0.05, 0.1) is 11.8 Å². The van der Waals surface area contributed by atoms with Gasteiger partial charge < -0.3 is 14.5 Å². The molecule has 2 atom stereocenters. The number of cyclic esters (lactones) is 1. The second kappa shape index (κ2) is 6.76. The predicted octanol–water partition coefficient (Wildman–Crippen LogP) is 3.66. The average Bonchev–Trinajstić information content (AvgIpc) is 3.21. The fraction of sp³-hybridized carbons (Fsp3) is 0.182. The molecule has 3 aromatic rings. The lowest BCUT2D eigenvalue weighted by atomic mass is 9.89. The van der Waals surface area contributed by atoms with E-state index in [1.165, 1.54) is 0 Å². The molecule has 1 amide bonds. The minimum Gasteiger partial charge on any atom is -0.467 e. The Labute approximate surface area is 157 Å². The summed E-state index contributed by atoms with van der Waals surface area (Å²) in [5.41, 5.74) is 0.909. The average molecular weight is 361 g/mol. The summed E-state index contributed by atoms with van der Waals surface area (Å²) >= 11 is 0. The van der Waals surface area contributed by atoms with Crippen molar-refractivity contribution in [2.45, 2.75) is 25.0 Å². The molecule has 5 nitrogen and oxygen atoms in total. The normalized spacial score (nSPS) is 19.7. The third-order valence-corrected chi connectivity index (χ3v) is 4.80. The summed E-state index contributed by atoms with van der Waals surface area (Å²) in [5.74, 6) is -0.236. The predicted molar refractivity (Wildman–Crippen MR) is 99.1 cm³/mol. The Balaban J connectivity index is 1.63. The van der Waals surface area contributed by atoms with E-state index >= 15 is 0 Å². The van der Waals surface area contributed by atoms with E-state index in [1.54, 1.807) is 31.4 Å². The molecule has 1 aliphatic rings. The first-order chi connectivity index (χ1) is 13.1. The van der Waals surface area contributed by atoms with Crippen molar-refractivity contribution in [3.8, 4) is 0 Å². The maximum atomic E-state index is 13.1. The molecule has 1 aromatic heterocycles. The zero-order valence-electron chi connectivity index (χ0n) is 14.8. The standard InChI is InChI=1S/C22H19NO4/c1-22(14-16-10-5-6-11-17(16)20(24)27-22)21(25)23-19(18-12-7-13-26-18)15-8-3-2-4-9-15/h2-13,19H,14H2,1H3,(H,23,25). The number of hydrogen-bond acceptors (Lipinski definition) is 4. The van der Waals surface area contributed by atoms with Gasteiger partial charge in [0.1, 0.15) is 11.8 Å². The van der Waals surface area contributed by atoms with E-state index in [1.807, 2.05) is 48.5 Å².